The van der Waals surface area contributed by atoms with Gasteiger partial charge in [0.25, 0.3) is 5.91 Å². The molecular weight excluding hydrogens is 463 g/mol. The lowest BCUT2D eigenvalue weighted by molar-refractivity contribution is -0.142. The van der Waals surface area contributed by atoms with E-state index in [1.807, 2.05) is 36.4 Å². The first kappa shape index (κ1) is 26.5. The van der Waals surface area contributed by atoms with Crippen molar-refractivity contribution in [3.63, 3.8) is 0 Å². The number of para-hydroxylation sites is 1. The quantitative estimate of drug-likeness (QED) is 0.412. The topological polar surface area (TPSA) is 77.1 Å². The van der Waals surface area contributed by atoms with E-state index in [1.54, 1.807) is 45.4 Å². The number of carbonyl (C=O) groups is 2. The van der Waals surface area contributed by atoms with Crippen molar-refractivity contribution in [2.24, 2.45) is 0 Å². The summed E-state index contributed by atoms with van der Waals surface area (Å²) in [7, 11) is 3.14. The van der Waals surface area contributed by atoms with E-state index in [1.165, 1.54) is 17.0 Å². The number of hydrogen-bond acceptors (Lipinski definition) is 5. The molecule has 0 spiro atoms. The van der Waals surface area contributed by atoms with Crippen LogP contribution < -0.4 is 19.5 Å². The summed E-state index contributed by atoms with van der Waals surface area (Å²) in [5.41, 5.74) is 1.67. The zero-order chi connectivity index (χ0) is 25.9. The number of methoxy groups -OCH3 is 2. The minimum Gasteiger partial charge on any atom is -0.493 e. The summed E-state index contributed by atoms with van der Waals surface area (Å²) < 4.78 is 29.6. The number of benzene rings is 3. The molecule has 0 fully saturated rings. The number of ether oxygens (including phenoxy) is 3. The molecule has 0 saturated heterocycles. The SMILES string of the molecule is COc1ccc(CCNC(=O)C(C)N(Cc2ccc(F)cc2)C(=O)COc2ccccc2)cc1OC. The monoisotopic (exact) mass is 494 g/mol. The van der Waals surface area contributed by atoms with Crippen molar-refractivity contribution in [3.8, 4) is 17.2 Å². The Bertz CT molecular complexity index is 1140. The van der Waals surface area contributed by atoms with Gasteiger partial charge in [-0.05, 0) is 60.9 Å². The van der Waals surface area contributed by atoms with Crippen LogP contribution >= 0.6 is 0 Å². The fourth-order valence-corrected chi connectivity index (χ4v) is 3.63. The molecule has 3 aromatic carbocycles. The first-order valence-corrected chi connectivity index (χ1v) is 11.6. The maximum absolute atomic E-state index is 13.4. The van der Waals surface area contributed by atoms with E-state index in [9.17, 15) is 14.0 Å². The highest BCUT2D eigenvalue weighted by Crippen LogP contribution is 2.27. The average Bonchev–Trinajstić information content (AvgIpc) is 2.91. The summed E-state index contributed by atoms with van der Waals surface area (Å²) in [5.74, 6) is 0.775. The molecule has 7 nitrogen and oxygen atoms in total. The summed E-state index contributed by atoms with van der Waals surface area (Å²) in [6.07, 6.45) is 0.571. The Morgan fingerprint density at radius 3 is 2.25 bits per heavy atom. The first-order valence-electron chi connectivity index (χ1n) is 11.6. The van der Waals surface area contributed by atoms with E-state index in [4.69, 9.17) is 14.2 Å². The molecule has 8 heteroatoms. The van der Waals surface area contributed by atoms with Gasteiger partial charge in [0.2, 0.25) is 5.91 Å². The van der Waals surface area contributed by atoms with Gasteiger partial charge >= 0.3 is 0 Å². The lowest BCUT2D eigenvalue weighted by atomic mass is 10.1. The van der Waals surface area contributed by atoms with Gasteiger partial charge in [-0.1, -0.05) is 36.4 Å². The highest BCUT2D eigenvalue weighted by molar-refractivity contribution is 5.88. The Balaban J connectivity index is 1.64. The number of rotatable bonds is 12. The molecule has 1 N–H and O–H groups in total. The molecule has 3 aromatic rings. The third-order valence-corrected chi connectivity index (χ3v) is 5.70. The van der Waals surface area contributed by atoms with Gasteiger partial charge in [0.05, 0.1) is 14.2 Å². The van der Waals surface area contributed by atoms with E-state index in [0.29, 0.717) is 35.8 Å². The van der Waals surface area contributed by atoms with Crippen LogP contribution in [-0.4, -0.2) is 50.1 Å². The standard InChI is InChI=1S/C28H31FN2O5/c1-20(28(33)30-16-15-21-11-14-25(34-2)26(17-21)35-3)31(18-22-9-12-23(29)13-10-22)27(32)19-36-24-7-5-4-6-8-24/h4-14,17,20H,15-16,18-19H2,1-3H3,(H,30,33). The van der Waals surface area contributed by atoms with Crippen LogP contribution in [0.4, 0.5) is 4.39 Å². The molecule has 0 bridgehead atoms. The van der Waals surface area contributed by atoms with Crippen molar-refractivity contribution in [1.82, 2.24) is 10.2 Å². The van der Waals surface area contributed by atoms with Crippen molar-refractivity contribution in [1.29, 1.82) is 0 Å². The molecule has 36 heavy (non-hydrogen) atoms. The van der Waals surface area contributed by atoms with Gasteiger partial charge in [-0.2, -0.15) is 0 Å². The molecule has 0 aromatic heterocycles. The van der Waals surface area contributed by atoms with Crippen LogP contribution in [0.1, 0.15) is 18.1 Å². The van der Waals surface area contributed by atoms with Crippen LogP contribution in [-0.2, 0) is 22.6 Å². The van der Waals surface area contributed by atoms with Gasteiger partial charge in [-0.3, -0.25) is 9.59 Å². The van der Waals surface area contributed by atoms with Gasteiger partial charge in [0, 0.05) is 13.1 Å². The summed E-state index contributed by atoms with van der Waals surface area (Å²) in [6.45, 7) is 1.95. The molecule has 0 aliphatic carbocycles. The van der Waals surface area contributed by atoms with Crippen molar-refractivity contribution >= 4 is 11.8 Å². The van der Waals surface area contributed by atoms with Crippen LogP contribution in [0.5, 0.6) is 17.2 Å². The second kappa shape index (κ2) is 13.1. The van der Waals surface area contributed by atoms with Crippen molar-refractivity contribution in [3.05, 3.63) is 89.7 Å². The second-order valence-electron chi connectivity index (χ2n) is 8.16. The fourth-order valence-electron chi connectivity index (χ4n) is 3.63. The smallest absolute Gasteiger partial charge is 0.261 e. The summed E-state index contributed by atoms with van der Waals surface area (Å²) in [4.78, 5) is 27.5. The summed E-state index contributed by atoms with van der Waals surface area (Å²) in [5, 5.41) is 2.90. The van der Waals surface area contributed by atoms with E-state index >= 15 is 0 Å². The largest absolute Gasteiger partial charge is 0.493 e. The Hall–Kier alpha value is -4.07. The molecule has 190 valence electrons. The normalized spacial score (nSPS) is 11.3. The lowest BCUT2D eigenvalue weighted by Gasteiger charge is -2.28. The van der Waals surface area contributed by atoms with Crippen molar-refractivity contribution in [2.75, 3.05) is 27.4 Å². The maximum atomic E-state index is 13.4. The van der Waals surface area contributed by atoms with Crippen LogP contribution in [0.3, 0.4) is 0 Å². The van der Waals surface area contributed by atoms with Gasteiger partial charge in [0.1, 0.15) is 17.6 Å². The van der Waals surface area contributed by atoms with E-state index in [0.717, 1.165) is 5.56 Å². The molecule has 3 rings (SSSR count). The molecule has 1 atom stereocenters. The molecular formula is C28H31FN2O5. The number of hydrogen-bond donors (Lipinski definition) is 1. The van der Waals surface area contributed by atoms with Gasteiger partial charge in [-0.15, -0.1) is 0 Å². The number of halogens is 1. The number of amides is 2. The van der Waals surface area contributed by atoms with Crippen molar-refractivity contribution in [2.45, 2.75) is 25.9 Å². The number of nitrogens with zero attached hydrogens (tertiary/aromatic N) is 1. The molecule has 0 saturated carbocycles. The molecule has 0 aliphatic heterocycles. The Morgan fingerprint density at radius 2 is 1.58 bits per heavy atom. The third-order valence-electron chi connectivity index (χ3n) is 5.70. The van der Waals surface area contributed by atoms with Crippen LogP contribution in [0, 0.1) is 5.82 Å². The summed E-state index contributed by atoms with van der Waals surface area (Å²) >= 11 is 0. The van der Waals surface area contributed by atoms with Crippen LogP contribution in [0.15, 0.2) is 72.8 Å². The van der Waals surface area contributed by atoms with Crippen LogP contribution in [0.2, 0.25) is 0 Å². The summed E-state index contributed by atoms with van der Waals surface area (Å²) in [6, 6.07) is 19.6. The zero-order valence-electron chi connectivity index (χ0n) is 20.7. The van der Waals surface area contributed by atoms with Crippen molar-refractivity contribution < 1.29 is 28.2 Å². The van der Waals surface area contributed by atoms with Crippen LogP contribution in [0.25, 0.3) is 0 Å². The minimum atomic E-state index is -0.771. The Morgan fingerprint density at radius 1 is 0.917 bits per heavy atom. The maximum Gasteiger partial charge on any atom is 0.261 e. The van der Waals surface area contributed by atoms with Gasteiger partial charge < -0.3 is 24.4 Å². The molecule has 2 amide bonds. The number of nitrogens with one attached hydrogen (secondary N) is 1. The van der Waals surface area contributed by atoms with Gasteiger partial charge in [-0.25, -0.2) is 4.39 Å². The number of carbonyl (C=O) groups excluding carboxylic acids is 2. The predicted octanol–water partition coefficient (Wildman–Crippen LogP) is 4.00. The predicted molar refractivity (Wildman–Crippen MR) is 135 cm³/mol. The minimum absolute atomic E-state index is 0.140. The van der Waals surface area contributed by atoms with E-state index in [2.05, 4.69) is 5.32 Å². The highest BCUT2D eigenvalue weighted by atomic mass is 19.1. The van der Waals surface area contributed by atoms with E-state index < -0.39 is 6.04 Å². The fraction of sp³-hybridized carbons (Fsp3) is 0.286. The Labute approximate surface area is 210 Å². The van der Waals surface area contributed by atoms with Gasteiger partial charge in [0.15, 0.2) is 18.1 Å². The average molecular weight is 495 g/mol. The third kappa shape index (κ3) is 7.46. The Kier molecular flexibility index (Phi) is 9.68. The molecule has 0 aliphatic rings. The zero-order valence-corrected chi connectivity index (χ0v) is 20.7. The molecule has 0 heterocycles. The molecule has 0 radical (unpaired) electrons. The lowest BCUT2D eigenvalue weighted by Crippen LogP contribution is -2.49. The second-order valence-corrected chi connectivity index (χ2v) is 8.16. The molecule has 1 unspecified atom stereocenters. The highest BCUT2D eigenvalue weighted by Gasteiger charge is 2.26. The van der Waals surface area contributed by atoms with E-state index in [-0.39, 0.29) is 30.8 Å². The first-order chi connectivity index (χ1) is 17.4.